The summed E-state index contributed by atoms with van der Waals surface area (Å²) in [7, 11) is -9.44. The Morgan fingerprint density at radius 1 is 0.420 bits per heavy atom. The molecule has 2 amide bonds. The summed E-state index contributed by atoms with van der Waals surface area (Å²) in [5.74, 6) is 1.40. The summed E-state index contributed by atoms with van der Waals surface area (Å²) in [6, 6.07) is 0.293. The highest BCUT2D eigenvalue weighted by Crippen LogP contribution is 2.37. The topological polar surface area (TPSA) is 302 Å². The van der Waals surface area contributed by atoms with Crippen LogP contribution in [-0.4, -0.2) is 122 Å². The van der Waals surface area contributed by atoms with E-state index in [9.17, 15) is 54.0 Å². The average molecular weight is 1920 g/mol. The SMILES string of the molecule is CC(C)(C)C(=O)N1CCCC1C(C)(C)C.CC(C)(C)CC(=O)C(C)(C)C.CC(C)(C)CC(=O)CC(C)(C)C.CC(C)(C)CC(C)(C)C.CC(C)(C)CC(CC(C)(C)C)=NC#N.CC(C)(C)CS(=O)(=O)C(C)(C)C.CC(C)(C)Cc1c(CC(C)(C)C)c(=O)c1=O.CC(C)(C)NC(=O)C(C)(C)C.CC(C)(C)NS(=O)(=O)C(C)(C)C.CC(C)NS(=O)(=O)NC(C)C.CC(C)OC(C)(C)C. The second-order valence-electron chi connectivity index (χ2n) is 58.5. The number of nitrogens with one attached hydrogen (secondary N) is 4. The van der Waals surface area contributed by atoms with Gasteiger partial charge in [0.25, 0.3) is 10.2 Å². The Morgan fingerprint density at radius 3 is 0.893 bits per heavy atom. The fourth-order valence-corrected chi connectivity index (χ4v) is 16.5. The van der Waals surface area contributed by atoms with E-state index in [-0.39, 0.29) is 111 Å². The van der Waals surface area contributed by atoms with Gasteiger partial charge in [-0.25, -0.2) is 21.6 Å². The van der Waals surface area contributed by atoms with Crippen LogP contribution in [0.25, 0.3) is 0 Å². The molecule has 0 bridgehead atoms. The third-order valence-corrected chi connectivity index (χ3v) is 23.9. The van der Waals surface area contributed by atoms with Crippen LogP contribution in [-0.2, 0) is 66.8 Å². The molecule has 131 heavy (non-hydrogen) atoms. The van der Waals surface area contributed by atoms with E-state index in [1.165, 1.54) is 6.42 Å². The molecule has 23 heteroatoms. The lowest BCUT2D eigenvalue weighted by atomic mass is 9.78. The Balaban J connectivity index is -0.000000179. The average Bonchev–Trinajstić information content (AvgIpc) is 1.06. The third-order valence-electron chi connectivity index (χ3n) is 16.8. The molecule has 784 valence electrons. The maximum absolute atomic E-state index is 12.2. The van der Waals surface area contributed by atoms with E-state index in [4.69, 9.17) is 10.00 Å². The minimum atomic E-state index is -3.28. The van der Waals surface area contributed by atoms with E-state index in [1.54, 1.807) is 69.2 Å². The van der Waals surface area contributed by atoms with Crippen molar-refractivity contribution in [2.24, 2.45) is 80.8 Å². The molecule has 2 rings (SSSR count). The van der Waals surface area contributed by atoms with Crippen molar-refractivity contribution in [3.63, 3.8) is 0 Å². The van der Waals surface area contributed by atoms with Crippen LogP contribution in [0.4, 0.5) is 0 Å². The van der Waals surface area contributed by atoms with E-state index in [0.717, 1.165) is 49.1 Å². The number of sulfonamides is 1. The van der Waals surface area contributed by atoms with Crippen molar-refractivity contribution >= 4 is 59.2 Å². The maximum atomic E-state index is 12.2. The molecule has 1 aromatic rings. The van der Waals surface area contributed by atoms with Gasteiger partial charge in [0.15, 0.2) is 9.84 Å². The number of nitriles is 1. The predicted octanol–water partition coefficient (Wildman–Crippen LogP) is 27.4. The Hall–Kier alpha value is -3.79. The van der Waals surface area contributed by atoms with Crippen LogP contribution in [0.5, 0.6) is 0 Å². The Labute approximate surface area is 814 Å². The number of rotatable bonds is 14. The molecular weight excluding hydrogens is 1700 g/mol. The van der Waals surface area contributed by atoms with Crippen LogP contribution in [0.2, 0.25) is 0 Å². The fourth-order valence-electron chi connectivity index (χ4n) is 12.5. The van der Waals surface area contributed by atoms with Gasteiger partial charge in [0, 0.05) is 88.1 Å². The smallest absolute Gasteiger partial charge is 0.277 e. The first kappa shape index (κ1) is 145. The highest BCUT2D eigenvalue weighted by atomic mass is 32.2. The van der Waals surface area contributed by atoms with Gasteiger partial charge in [-0.3, -0.25) is 28.8 Å². The summed E-state index contributed by atoms with van der Waals surface area (Å²) in [5.41, 5.74) is 2.84. The molecule has 0 spiro atoms. The number of amides is 2. The van der Waals surface area contributed by atoms with Crippen molar-refractivity contribution in [2.75, 3.05) is 12.3 Å². The number of sulfone groups is 1. The molecule has 0 aliphatic carbocycles. The Morgan fingerprint density at radius 2 is 0.740 bits per heavy atom. The molecule has 1 atom stereocenters. The molecule has 1 unspecified atom stereocenters. The largest absolute Gasteiger partial charge is 0.373 e. The normalized spacial score (nSPS) is 14.5. The number of carbonyl (C=O) groups excluding carboxylic acids is 4. The zero-order valence-electron chi connectivity index (χ0n) is 98.2. The first-order valence-corrected chi connectivity index (χ1v) is 52.8. The number of hydrogen-bond donors (Lipinski definition) is 4. The number of Topliss-reactive ketones (excluding diaryl/α,β-unsaturated/α-hetero) is 2. The number of carbonyl (C=O) groups is 4. The number of nitrogens with zero attached hydrogens (tertiary/aromatic N) is 3. The number of hydrogen-bond acceptors (Lipinski definition) is 15. The summed E-state index contributed by atoms with van der Waals surface area (Å²) >= 11 is 0. The van der Waals surface area contributed by atoms with E-state index in [2.05, 4.69) is 258 Å². The van der Waals surface area contributed by atoms with E-state index >= 15 is 0 Å². The molecule has 4 N–H and O–H groups in total. The lowest BCUT2D eigenvalue weighted by molar-refractivity contribution is -0.142. The molecule has 1 aliphatic heterocycles. The minimum Gasteiger partial charge on any atom is -0.373 e. The quantitative estimate of drug-likeness (QED) is 0.0765. The van der Waals surface area contributed by atoms with Gasteiger partial charge in [0.2, 0.25) is 38.9 Å². The second kappa shape index (κ2) is 55.3. The maximum Gasteiger partial charge on any atom is 0.277 e. The van der Waals surface area contributed by atoms with Crippen molar-refractivity contribution < 1.29 is 49.2 Å². The first-order chi connectivity index (χ1) is 56.0. The van der Waals surface area contributed by atoms with Gasteiger partial charge in [-0.15, -0.1) is 0 Å². The molecule has 1 aromatic carbocycles. The summed E-state index contributed by atoms with van der Waals surface area (Å²) in [6.07, 6.45) is 11.1. The number of ketones is 2. The standard InChI is InChI=1S/C14H22O2.C13H25NO.C12H22N2.C11H22O.C10H20O.C9H19NO.C9H20O2S.C9H20.C8H19NO2S.C7H16O.C6H16N2O2S/c1-13(2,3)7-9-10(8-14(4,5)6)12(16)11(9)15;1-12(2,3)10-8-7-9-14(10)11(15)13(4,5)6;1-11(2,3)7-10(14-9-13)8-12(4,5)6;1-10(2,3)7-9(12)8-11(4,5)6;1-9(2,3)7-8(11)10(4,5)6;1-8(2,3)7(11)10-9(4,5)6;1-8(2,3)7-12(10,11)9(4,5)6;1-8(2,3)7-9(4,5)6;1-7(2,3)9-12(10,11)8(4,5)6;1-6(2)8-7(3,4)5;1-5(2)7-11(9,10)8-6(3)4/h7-8H2,1-6H3;10H,7-9H2,1-6H3;7-8H2,1-6H3;7-8H2,1-6H3;7H2,1-6H3;1-6H3,(H,10,11);7H2,1-6H3;7H2,1-6H3;9H,1-6H3;6H,1-5H3;5-8H,1-4H3. The van der Waals surface area contributed by atoms with Crippen molar-refractivity contribution in [3.05, 3.63) is 31.6 Å². The van der Waals surface area contributed by atoms with E-state index < -0.39 is 45.1 Å². The van der Waals surface area contributed by atoms with Crippen molar-refractivity contribution in [2.45, 2.75) is 551 Å². The number of aliphatic imine (C=N–C) groups is 1. The molecule has 1 aliphatic rings. The van der Waals surface area contributed by atoms with Gasteiger partial charge < -0.3 is 15.0 Å². The van der Waals surface area contributed by atoms with Gasteiger partial charge in [-0.1, -0.05) is 291 Å². The van der Waals surface area contributed by atoms with Crippen molar-refractivity contribution in [1.29, 1.82) is 5.26 Å². The fraction of sp³-hybridized carbons (Fsp3) is 0.907. The minimum absolute atomic E-state index is 0.0220. The van der Waals surface area contributed by atoms with E-state index in [0.29, 0.717) is 72.6 Å². The third kappa shape index (κ3) is 93.6. The van der Waals surface area contributed by atoms with Gasteiger partial charge in [0.1, 0.15) is 11.6 Å². The summed E-state index contributed by atoms with van der Waals surface area (Å²) in [5, 5.41) is 11.5. The lowest BCUT2D eigenvalue weighted by Gasteiger charge is -2.38. The van der Waals surface area contributed by atoms with Crippen LogP contribution in [0.1, 0.15) is 499 Å². The number of ether oxygens (including phenoxy) is 1. The monoisotopic (exact) mass is 1920 g/mol. The highest BCUT2D eigenvalue weighted by molar-refractivity contribution is 7.92. The Kier molecular flexibility index (Phi) is 61.2. The molecule has 20 nitrogen and oxygen atoms in total. The second-order valence-corrected chi connectivity index (χ2v) is 65.2. The van der Waals surface area contributed by atoms with Crippen LogP contribution in [0.3, 0.4) is 0 Å². The van der Waals surface area contributed by atoms with Crippen LogP contribution in [0.15, 0.2) is 14.6 Å². The molecule has 1 fully saturated rings. The molecule has 1 heterocycles. The number of likely N-dealkylation sites (tertiary alicyclic amines) is 1. The summed E-state index contributed by atoms with van der Waals surface area (Å²) in [4.78, 5) is 75.6. The van der Waals surface area contributed by atoms with Gasteiger partial charge >= 0.3 is 0 Å². The van der Waals surface area contributed by atoms with E-state index in [1.807, 2.05) is 145 Å². The summed E-state index contributed by atoms with van der Waals surface area (Å²) in [6.45, 7) is 128. The van der Waals surface area contributed by atoms with Crippen molar-refractivity contribution in [1.82, 2.24) is 24.4 Å². The lowest BCUT2D eigenvalue weighted by Crippen LogP contribution is -2.48. The van der Waals surface area contributed by atoms with Crippen LogP contribution >= 0.6 is 0 Å². The Bertz CT molecular complexity index is 3750. The molecule has 0 aromatic heterocycles. The van der Waals surface area contributed by atoms with Crippen molar-refractivity contribution in [3.8, 4) is 6.19 Å². The molecular formula is C108H221N7O13S3. The zero-order valence-corrected chi connectivity index (χ0v) is 101. The highest BCUT2D eigenvalue weighted by Gasteiger charge is 2.41. The molecule has 1 saturated heterocycles. The van der Waals surface area contributed by atoms with Gasteiger partial charge in [0.05, 0.1) is 27.0 Å². The molecule has 0 saturated carbocycles. The van der Waals surface area contributed by atoms with Crippen LogP contribution < -0.4 is 30.3 Å². The van der Waals surface area contributed by atoms with Gasteiger partial charge in [-0.05, 0) is 250 Å². The predicted molar refractivity (Wildman–Crippen MR) is 571 cm³/mol. The molecule has 0 radical (unpaired) electrons. The summed E-state index contributed by atoms with van der Waals surface area (Å²) < 4.78 is 80.0. The van der Waals surface area contributed by atoms with Crippen LogP contribution in [0, 0.1) is 87.3 Å². The zero-order chi connectivity index (χ0) is 109. The van der Waals surface area contributed by atoms with Gasteiger partial charge in [-0.2, -0.15) is 28.1 Å². The first-order valence-electron chi connectivity index (χ1n) is 48.2.